The molecule has 1 aliphatic heterocycles. The summed E-state index contributed by atoms with van der Waals surface area (Å²) < 4.78 is 37.9. The summed E-state index contributed by atoms with van der Waals surface area (Å²) in [4.78, 5) is 0. The molecule has 6 nitrogen and oxygen atoms in total. The van der Waals surface area contributed by atoms with Crippen LogP contribution in [0.25, 0.3) is 0 Å². The van der Waals surface area contributed by atoms with E-state index in [-0.39, 0.29) is 11.6 Å². The monoisotopic (exact) mass is 316 g/mol. The molecule has 2 rings (SSSR count). The number of rotatable bonds is 7. The fourth-order valence-corrected chi connectivity index (χ4v) is 3.30. The Morgan fingerprint density at radius 2 is 2.14 bits per heavy atom. The summed E-state index contributed by atoms with van der Waals surface area (Å²) in [6.07, 6.45) is 1.82. The summed E-state index contributed by atoms with van der Waals surface area (Å²) in [7, 11) is -3.63. The molecule has 21 heavy (non-hydrogen) atoms. The van der Waals surface area contributed by atoms with Crippen molar-refractivity contribution in [2.45, 2.75) is 56.9 Å². The third-order valence-corrected chi connectivity index (χ3v) is 4.80. The fraction of sp³-hybridized carbons (Fsp3) is 0.714. The van der Waals surface area contributed by atoms with Crippen LogP contribution in [0.5, 0.6) is 0 Å². The molecule has 0 spiro atoms. The maximum Gasteiger partial charge on any atom is 0.274 e. The average molecular weight is 316 g/mol. The Balaban J connectivity index is 1.96. The lowest BCUT2D eigenvalue weighted by atomic mass is 10.0. The van der Waals surface area contributed by atoms with E-state index in [1.165, 1.54) is 6.07 Å². The number of nitrogens with one attached hydrogen (secondary N) is 2. The summed E-state index contributed by atoms with van der Waals surface area (Å²) in [5.41, 5.74) is -0.415. The Bertz CT molecular complexity index is 559. The van der Waals surface area contributed by atoms with E-state index < -0.39 is 15.6 Å². The van der Waals surface area contributed by atoms with E-state index in [0.29, 0.717) is 25.0 Å². The molecular formula is C14H24N2O4S. The standard InChI is InChI=1S/C14H24N2O4S/c1-11(2)15-9-12-5-6-13(20-12)21(17,18)16-10-14(3)7-4-8-19-14/h5-6,11,15-16H,4,7-10H2,1-3H3. The molecule has 0 aromatic carbocycles. The molecule has 0 saturated carbocycles. The fourth-order valence-electron chi connectivity index (χ4n) is 2.20. The van der Waals surface area contributed by atoms with Crippen LogP contribution in [-0.4, -0.2) is 33.2 Å². The van der Waals surface area contributed by atoms with Crippen LogP contribution in [0.15, 0.2) is 21.6 Å². The van der Waals surface area contributed by atoms with Crippen molar-refractivity contribution in [3.63, 3.8) is 0 Å². The van der Waals surface area contributed by atoms with Gasteiger partial charge in [-0.25, -0.2) is 13.1 Å². The van der Waals surface area contributed by atoms with Crippen molar-refractivity contribution in [3.05, 3.63) is 17.9 Å². The molecule has 120 valence electrons. The van der Waals surface area contributed by atoms with Gasteiger partial charge in [-0.1, -0.05) is 13.8 Å². The van der Waals surface area contributed by atoms with Gasteiger partial charge in [-0.05, 0) is 31.9 Å². The minimum absolute atomic E-state index is 0.0512. The van der Waals surface area contributed by atoms with Crippen LogP contribution in [0.1, 0.15) is 39.4 Å². The lowest BCUT2D eigenvalue weighted by Gasteiger charge is -2.22. The van der Waals surface area contributed by atoms with E-state index in [9.17, 15) is 8.42 Å². The van der Waals surface area contributed by atoms with E-state index in [2.05, 4.69) is 10.0 Å². The Kier molecular flexibility index (Phi) is 5.08. The van der Waals surface area contributed by atoms with E-state index in [1.54, 1.807) is 6.07 Å². The minimum Gasteiger partial charge on any atom is -0.447 e. The van der Waals surface area contributed by atoms with Crippen molar-refractivity contribution in [3.8, 4) is 0 Å². The first-order valence-electron chi connectivity index (χ1n) is 7.26. The molecule has 1 aromatic rings. The Morgan fingerprint density at radius 3 is 2.76 bits per heavy atom. The number of hydrogen-bond acceptors (Lipinski definition) is 5. The van der Waals surface area contributed by atoms with Gasteiger partial charge >= 0.3 is 0 Å². The summed E-state index contributed by atoms with van der Waals surface area (Å²) in [6.45, 7) is 7.41. The molecule has 1 saturated heterocycles. The minimum atomic E-state index is -3.63. The van der Waals surface area contributed by atoms with Crippen LogP contribution < -0.4 is 10.0 Å². The Morgan fingerprint density at radius 1 is 1.38 bits per heavy atom. The van der Waals surface area contributed by atoms with Gasteiger partial charge in [0, 0.05) is 19.2 Å². The highest BCUT2D eigenvalue weighted by molar-refractivity contribution is 7.89. The molecule has 7 heteroatoms. The van der Waals surface area contributed by atoms with Crippen molar-refractivity contribution >= 4 is 10.0 Å². The highest BCUT2D eigenvalue weighted by atomic mass is 32.2. The molecule has 0 amide bonds. The SMILES string of the molecule is CC(C)NCc1ccc(S(=O)(=O)NCC2(C)CCCO2)o1. The van der Waals surface area contributed by atoms with Crippen LogP contribution in [0.4, 0.5) is 0 Å². The maximum absolute atomic E-state index is 12.2. The summed E-state index contributed by atoms with van der Waals surface area (Å²) in [6, 6.07) is 3.47. The van der Waals surface area contributed by atoms with Gasteiger partial charge in [0.15, 0.2) is 0 Å². The van der Waals surface area contributed by atoms with Gasteiger partial charge in [-0.2, -0.15) is 0 Å². The van der Waals surface area contributed by atoms with Crippen LogP contribution in [0.3, 0.4) is 0 Å². The molecule has 1 aliphatic rings. The normalized spacial score (nSPS) is 23.0. The van der Waals surface area contributed by atoms with Crippen molar-refractivity contribution in [1.29, 1.82) is 0 Å². The van der Waals surface area contributed by atoms with E-state index in [0.717, 1.165) is 12.8 Å². The predicted molar refractivity (Wildman–Crippen MR) is 79.5 cm³/mol. The first-order valence-corrected chi connectivity index (χ1v) is 8.75. The molecule has 1 fully saturated rings. The van der Waals surface area contributed by atoms with Crippen molar-refractivity contribution in [1.82, 2.24) is 10.0 Å². The summed E-state index contributed by atoms with van der Waals surface area (Å²) >= 11 is 0. The molecule has 0 radical (unpaired) electrons. The molecule has 2 N–H and O–H groups in total. The molecule has 1 aromatic heterocycles. The molecule has 2 heterocycles. The lowest BCUT2D eigenvalue weighted by molar-refractivity contribution is 0.0250. The van der Waals surface area contributed by atoms with Gasteiger partial charge in [0.05, 0.1) is 12.1 Å². The van der Waals surface area contributed by atoms with Crippen molar-refractivity contribution in [2.24, 2.45) is 0 Å². The summed E-state index contributed by atoms with van der Waals surface area (Å²) in [5, 5.41) is 3.13. The Hall–Kier alpha value is -0.890. The zero-order chi connectivity index (χ0) is 15.5. The molecule has 1 unspecified atom stereocenters. The third kappa shape index (κ3) is 4.54. The number of ether oxygens (including phenoxy) is 1. The van der Waals surface area contributed by atoms with Crippen LogP contribution in [0, 0.1) is 0 Å². The van der Waals surface area contributed by atoms with Gasteiger partial charge < -0.3 is 14.5 Å². The topological polar surface area (TPSA) is 80.6 Å². The number of sulfonamides is 1. The molecule has 0 bridgehead atoms. The van der Waals surface area contributed by atoms with Crippen LogP contribution in [0.2, 0.25) is 0 Å². The first-order chi connectivity index (χ1) is 9.81. The smallest absolute Gasteiger partial charge is 0.274 e. The van der Waals surface area contributed by atoms with Gasteiger partial charge in [-0.15, -0.1) is 0 Å². The first kappa shape index (κ1) is 16.5. The maximum atomic E-state index is 12.2. The van der Waals surface area contributed by atoms with Crippen LogP contribution >= 0.6 is 0 Å². The summed E-state index contributed by atoms with van der Waals surface area (Å²) in [5.74, 6) is 0.604. The average Bonchev–Trinajstić information content (AvgIpc) is 3.04. The number of hydrogen-bond donors (Lipinski definition) is 2. The van der Waals surface area contributed by atoms with Crippen LogP contribution in [-0.2, 0) is 21.3 Å². The van der Waals surface area contributed by atoms with Gasteiger partial charge in [0.1, 0.15) is 5.76 Å². The van der Waals surface area contributed by atoms with Gasteiger partial charge in [0.25, 0.3) is 10.0 Å². The van der Waals surface area contributed by atoms with E-state index in [1.807, 2.05) is 20.8 Å². The highest BCUT2D eigenvalue weighted by Gasteiger charge is 2.32. The predicted octanol–water partition coefficient (Wildman–Crippen LogP) is 1.62. The van der Waals surface area contributed by atoms with Gasteiger partial charge in [-0.3, -0.25) is 0 Å². The Labute approximate surface area is 126 Å². The van der Waals surface area contributed by atoms with E-state index in [4.69, 9.17) is 9.15 Å². The lowest BCUT2D eigenvalue weighted by Crippen LogP contribution is -2.39. The van der Waals surface area contributed by atoms with Crippen molar-refractivity contribution in [2.75, 3.05) is 13.2 Å². The third-order valence-electron chi connectivity index (χ3n) is 3.52. The largest absolute Gasteiger partial charge is 0.447 e. The zero-order valence-corrected chi connectivity index (χ0v) is 13.6. The second kappa shape index (κ2) is 6.48. The molecule has 0 aliphatic carbocycles. The molecular weight excluding hydrogens is 292 g/mol. The van der Waals surface area contributed by atoms with E-state index >= 15 is 0 Å². The second-order valence-electron chi connectivity index (χ2n) is 5.98. The van der Waals surface area contributed by atoms with Crippen molar-refractivity contribution < 1.29 is 17.6 Å². The van der Waals surface area contributed by atoms with Gasteiger partial charge in [0.2, 0.25) is 5.09 Å². The number of furan rings is 1. The second-order valence-corrected chi connectivity index (χ2v) is 7.68. The highest BCUT2D eigenvalue weighted by Crippen LogP contribution is 2.24. The quantitative estimate of drug-likeness (QED) is 0.799. The zero-order valence-electron chi connectivity index (χ0n) is 12.8. The molecule has 1 atom stereocenters.